The molecule has 35 heavy (non-hydrogen) atoms. The van der Waals surface area contributed by atoms with Crippen molar-refractivity contribution in [3.05, 3.63) is 113 Å². The van der Waals surface area contributed by atoms with Crippen molar-refractivity contribution in [3.63, 3.8) is 0 Å². The van der Waals surface area contributed by atoms with E-state index in [2.05, 4.69) is 0 Å². The van der Waals surface area contributed by atoms with E-state index in [4.69, 9.17) is 15.2 Å². The quantitative estimate of drug-likeness (QED) is 0.398. The van der Waals surface area contributed by atoms with E-state index in [-0.39, 0.29) is 23.6 Å². The summed E-state index contributed by atoms with van der Waals surface area (Å²) in [5, 5.41) is -0.338. The summed E-state index contributed by atoms with van der Waals surface area (Å²) in [6, 6.07) is 23.9. The molecule has 5 rings (SSSR count). The fourth-order valence-corrected chi connectivity index (χ4v) is 5.43. The molecule has 1 unspecified atom stereocenters. The standard InChI is InChI=1S/C27H23FN2O4S/c28-20-12-7-13-21(14-20)33-15-19-16-35-26-22(29)25(31)30(26)23(19)27(32)34-24(17-8-3-1-4-9-17)18-10-5-2-6-11-18/h1-14,22,24,26H,15-16,29H2/t22?,26-/m0/s1. The van der Waals surface area contributed by atoms with Crippen LogP contribution in [0.5, 0.6) is 5.75 Å². The molecule has 0 bridgehead atoms. The fraction of sp³-hybridized carbons (Fsp3) is 0.185. The summed E-state index contributed by atoms with van der Waals surface area (Å²) in [4.78, 5) is 27.7. The Labute approximate surface area is 206 Å². The molecule has 0 radical (unpaired) electrons. The van der Waals surface area contributed by atoms with Gasteiger partial charge in [-0.3, -0.25) is 9.69 Å². The van der Waals surface area contributed by atoms with Crippen molar-refractivity contribution in [3.8, 4) is 5.75 Å². The van der Waals surface area contributed by atoms with Crippen LogP contribution in [0.1, 0.15) is 17.2 Å². The van der Waals surface area contributed by atoms with E-state index in [9.17, 15) is 14.0 Å². The average molecular weight is 491 g/mol. The Hall–Kier alpha value is -3.62. The van der Waals surface area contributed by atoms with Gasteiger partial charge in [0.05, 0.1) is 0 Å². The SMILES string of the molecule is NC1C(=O)N2C(C(=O)OC(c3ccccc3)c3ccccc3)=C(COc3cccc(F)c3)CS[C@@H]12. The van der Waals surface area contributed by atoms with Gasteiger partial charge in [-0.15, -0.1) is 11.8 Å². The minimum absolute atomic E-state index is 0.00790. The first-order valence-corrected chi connectivity index (χ1v) is 12.2. The lowest BCUT2D eigenvalue weighted by molar-refractivity contribution is -0.153. The summed E-state index contributed by atoms with van der Waals surface area (Å²) in [6.07, 6.45) is -0.666. The molecule has 2 aliphatic rings. The highest BCUT2D eigenvalue weighted by molar-refractivity contribution is 8.00. The van der Waals surface area contributed by atoms with Gasteiger partial charge < -0.3 is 15.2 Å². The van der Waals surface area contributed by atoms with Crippen molar-refractivity contribution < 1.29 is 23.5 Å². The summed E-state index contributed by atoms with van der Waals surface area (Å²) < 4.78 is 25.4. The number of carbonyl (C=O) groups is 2. The molecular formula is C27H23FN2O4S. The summed E-state index contributed by atoms with van der Waals surface area (Å²) in [6.45, 7) is 0.00790. The lowest BCUT2D eigenvalue weighted by Gasteiger charge is -2.48. The summed E-state index contributed by atoms with van der Waals surface area (Å²) in [5.74, 6) is -0.634. The maximum atomic E-state index is 13.6. The number of β-lactam (4-membered cyclic amide) rings is 1. The monoisotopic (exact) mass is 490 g/mol. The van der Waals surface area contributed by atoms with Crippen LogP contribution in [-0.4, -0.2) is 40.6 Å². The first-order chi connectivity index (χ1) is 17.0. The van der Waals surface area contributed by atoms with Crippen molar-refractivity contribution in [1.82, 2.24) is 4.90 Å². The number of hydrogen-bond donors (Lipinski definition) is 1. The van der Waals surface area contributed by atoms with Gasteiger partial charge in [0.25, 0.3) is 0 Å². The maximum absolute atomic E-state index is 13.6. The highest BCUT2D eigenvalue weighted by Crippen LogP contribution is 2.41. The average Bonchev–Trinajstić information content (AvgIpc) is 2.90. The van der Waals surface area contributed by atoms with Crippen LogP contribution < -0.4 is 10.5 Å². The van der Waals surface area contributed by atoms with Crippen LogP contribution in [0.25, 0.3) is 0 Å². The molecule has 1 amide bonds. The molecule has 3 aromatic rings. The van der Waals surface area contributed by atoms with E-state index in [0.29, 0.717) is 17.1 Å². The lowest BCUT2D eigenvalue weighted by Crippen LogP contribution is -2.68. The second-order valence-corrected chi connectivity index (χ2v) is 9.35. The van der Waals surface area contributed by atoms with E-state index in [1.807, 2.05) is 60.7 Å². The van der Waals surface area contributed by atoms with Crippen LogP contribution in [0.2, 0.25) is 0 Å². The van der Waals surface area contributed by atoms with Crippen molar-refractivity contribution in [1.29, 1.82) is 0 Å². The summed E-state index contributed by atoms with van der Waals surface area (Å²) >= 11 is 1.46. The van der Waals surface area contributed by atoms with E-state index in [0.717, 1.165) is 11.1 Å². The molecule has 0 spiro atoms. The molecule has 2 N–H and O–H groups in total. The number of amides is 1. The van der Waals surface area contributed by atoms with Crippen molar-refractivity contribution >= 4 is 23.6 Å². The summed E-state index contributed by atoms with van der Waals surface area (Å²) in [7, 11) is 0. The minimum atomic E-state index is -0.674. The predicted molar refractivity (Wildman–Crippen MR) is 131 cm³/mol. The number of nitrogens with two attached hydrogens (primary N) is 1. The van der Waals surface area contributed by atoms with Gasteiger partial charge in [0, 0.05) is 17.4 Å². The number of ether oxygens (including phenoxy) is 2. The zero-order chi connectivity index (χ0) is 24.4. The highest BCUT2D eigenvalue weighted by atomic mass is 32.2. The zero-order valence-corrected chi connectivity index (χ0v) is 19.5. The van der Waals surface area contributed by atoms with Gasteiger partial charge in [-0.05, 0) is 23.3 Å². The van der Waals surface area contributed by atoms with Crippen LogP contribution in [0, 0.1) is 5.82 Å². The number of fused-ring (bicyclic) bond motifs is 1. The maximum Gasteiger partial charge on any atom is 0.356 e. The number of thioether (sulfide) groups is 1. The zero-order valence-electron chi connectivity index (χ0n) is 18.7. The van der Waals surface area contributed by atoms with E-state index in [1.165, 1.54) is 28.8 Å². The van der Waals surface area contributed by atoms with Gasteiger partial charge in [0.1, 0.15) is 35.3 Å². The molecule has 6 nitrogen and oxygen atoms in total. The number of nitrogens with zero attached hydrogens (tertiary/aromatic N) is 1. The molecule has 2 aliphatic heterocycles. The summed E-state index contributed by atoms with van der Waals surface area (Å²) in [5.41, 5.74) is 8.33. The van der Waals surface area contributed by atoms with E-state index in [1.54, 1.807) is 12.1 Å². The first-order valence-electron chi connectivity index (χ1n) is 11.1. The third-order valence-corrected chi connectivity index (χ3v) is 7.28. The first kappa shape index (κ1) is 23.1. The smallest absolute Gasteiger partial charge is 0.356 e. The van der Waals surface area contributed by atoms with Gasteiger partial charge in [0.15, 0.2) is 6.10 Å². The second kappa shape index (κ2) is 9.93. The lowest BCUT2D eigenvalue weighted by atomic mass is 10.0. The molecule has 0 aliphatic carbocycles. The van der Waals surface area contributed by atoms with Gasteiger partial charge in [-0.2, -0.15) is 0 Å². The van der Waals surface area contributed by atoms with Crippen LogP contribution in [0.4, 0.5) is 4.39 Å². The minimum Gasteiger partial charge on any atom is -0.489 e. The van der Waals surface area contributed by atoms with E-state index >= 15 is 0 Å². The Morgan fingerprint density at radius 1 is 1.03 bits per heavy atom. The van der Waals surface area contributed by atoms with Crippen molar-refractivity contribution in [2.45, 2.75) is 17.5 Å². The van der Waals surface area contributed by atoms with Crippen LogP contribution in [0.15, 0.2) is 96.2 Å². The Morgan fingerprint density at radius 3 is 2.31 bits per heavy atom. The van der Waals surface area contributed by atoms with Crippen molar-refractivity contribution in [2.75, 3.05) is 12.4 Å². The molecular weight excluding hydrogens is 467 g/mol. The highest BCUT2D eigenvalue weighted by Gasteiger charge is 2.52. The Kier molecular flexibility index (Phi) is 6.57. The van der Waals surface area contributed by atoms with Gasteiger partial charge in [0.2, 0.25) is 5.91 Å². The van der Waals surface area contributed by atoms with Gasteiger partial charge >= 0.3 is 5.97 Å². The molecule has 2 heterocycles. The number of halogens is 1. The van der Waals surface area contributed by atoms with Crippen LogP contribution in [0.3, 0.4) is 0 Å². The third kappa shape index (κ3) is 4.67. The normalized spacial score (nSPS) is 19.3. The molecule has 2 atom stereocenters. The molecule has 0 saturated carbocycles. The molecule has 1 fully saturated rings. The number of esters is 1. The topological polar surface area (TPSA) is 81.9 Å². The molecule has 0 aromatic heterocycles. The number of hydrogen-bond acceptors (Lipinski definition) is 6. The second-order valence-electron chi connectivity index (χ2n) is 8.24. The third-order valence-electron chi connectivity index (χ3n) is 5.92. The number of carbonyl (C=O) groups excluding carboxylic acids is 2. The van der Waals surface area contributed by atoms with E-state index < -0.39 is 23.9 Å². The predicted octanol–water partition coefficient (Wildman–Crippen LogP) is 4.03. The fourth-order valence-electron chi connectivity index (χ4n) is 4.15. The largest absolute Gasteiger partial charge is 0.489 e. The van der Waals surface area contributed by atoms with Crippen molar-refractivity contribution in [2.24, 2.45) is 5.73 Å². The Morgan fingerprint density at radius 2 is 1.69 bits per heavy atom. The van der Waals surface area contributed by atoms with Crippen LogP contribution in [-0.2, 0) is 14.3 Å². The molecule has 178 valence electrons. The Balaban J connectivity index is 1.47. The molecule has 3 aromatic carbocycles. The van der Waals surface area contributed by atoms with Gasteiger partial charge in [-0.25, -0.2) is 9.18 Å². The van der Waals surface area contributed by atoms with Gasteiger partial charge in [-0.1, -0.05) is 66.7 Å². The number of rotatable bonds is 7. The number of benzene rings is 3. The molecule has 8 heteroatoms. The van der Waals surface area contributed by atoms with Crippen LogP contribution >= 0.6 is 11.8 Å². The molecule has 1 saturated heterocycles. The Bertz CT molecular complexity index is 1230.